The van der Waals surface area contributed by atoms with Crippen LogP contribution in [-0.2, 0) is 0 Å². The van der Waals surface area contributed by atoms with Crippen LogP contribution in [0.5, 0.6) is 0 Å². The summed E-state index contributed by atoms with van der Waals surface area (Å²) in [5, 5.41) is 8.61. The van der Waals surface area contributed by atoms with Gasteiger partial charge in [-0.2, -0.15) is 0 Å². The van der Waals surface area contributed by atoms with Crippen LogP contribution in [0.15, 0.2) is 0 Å². The summed E-state index contributed by atoms with van der Waals surface area (Å²) in [5.41, 5.74) is 0. The van der Waals surface area contributed by atoms with Gasteiger partial charge in [0, 0.05) is 6.61 Å². The summed E-state index contributed by atoms with van der Waals surface area (Å²) >= 11 is 0. The maximum absolute atomic E-state index is 8.61. The number of hydrogen-bond donors (Lipinski definition) is 1. The Bertz CT molecular complexity index is 94.9. The average molecular weight is 228 g/mol. The van der Waals surface area contributed by atoms with Crippen LogP contribution in [0.4, 0.5) is 0 Å². The van der Waals surface area contributed by atoms with Gasteiger partial charge in [0.15, 0.2) is 0 Å². The van der Waals surface area contributed by atoms with Crippen molar-refractivity contribution in [1.82, 2.24) is 0 Å². The first-order chi connectivity index (χ1) is 7.41. The first kappa shape index (κ1) is 18.4. The van der Waals surface area contributed by atoms with Crippen LogP contribution in [0, 0.1) is 0 Å². The van der Waals surface area contributed by atoms with Gasteiger partial charge in [0.2, 0.25) is 0 Å². The van der Waals surface area contributed by atoms with Crippen molar-refractivity contribution in [1.29, 1.82) is 0 Å². The number of unbranched alkanes of at least 4 members (excludes halogenated alkanes) is 11. The van der Waals surface area contributed by atoms with E-state index in [0.29, 0.717) is 6.61 Å². The van der Waals surface area contributed by atoms with E-state index in [1.165, 1.54) is 70.6 Å². The maximum Gasteiger partial charge on any atom is 0.0814 e. The topological polar surface area (TPSA) is 20.2 Å². The van der Waals surface area contributed by atoms with E-state index in [0.717, 1.165) is 6.42 Å². The Balaban J connectivity index is 0. The highest BCUT2D eigenvalue weighted by atomic mass is 16.2. The minimum Gasteiger partial charge on any atom is -0.396 e. The molecule has 0 radical (unpaired) electrons. The molecule has 1 N–H and O–H groups in total. The van der Waals surface area contributed by atoms with E-state index in [1.807, 2.05) is 0 Å². The third kappa shape index (κ3) is 16.5. The van der Waals surface area contributed by atoms with E-state index < -0.39 is 0 Å². The second kappa shape index (κ2) is 17.4. The Kier molecular flexibility index (Phi) is 20.0. The number of aliphatic hydroxyl groups excluding tert-OH is 1. The van der Waals surface area contributed by atoms with E-state index >= 15 is 0 Å². The van der Waals surface area contributed by atoms with Gasteiger partial charge >= 0.3 is 0 Å². The molecule has 2 heteroatoms. The largest absolute Gasteiger partial charge is 0.396 e. The van der Waals surface area contributed by atoms with Crippen molar-refractivity contribution in [3.63, 3.8) is 0 Å². The molecule has 0 atom stereocenters. The molecule has 98 valence electrons. The van der Waals surface area contributed by atoms with Crippen molar-refractivity contribution in [2.24, 2.45) is 0 Å². The highest BCUT2D eigenvalue weighted by molar-refractivity contribution is 5.75. The molecule has 0 aliphatic rings. The van der Waals surface area contributed by atoms with Gasteiger partial charge in [-0.1, -0.05) is 77.6 Å². The molecule has 0 aromatic heterocycles. The minimum absolute atomic E-state index is 0. The summed E-state index contributed by atoms with van der Waals surface area (Å²) in [6.07, 6.45) is 16.2. The van der Waals surface area contributed by atoms with Crippen LogP contribution in [0.3, 0.4) is 0 Å². The molecule has 0 rings (SSSR count). The van der Waals surface area contributed by atoms with Crippen molar-refractivity contribution >= 4 is 8.41 Å². The van der Waals surface area contributed by atoms with Crippen LogP contribution in [0.25, 0.3) is 0 Å². The van der Waals surface area contributed by atoms with E-state index in [9.17, 15) is 0 Å². The molecule has 0 saturated carbocycles. The third-order valence-electron chi connectivity index (χ3n) is 3.01. The van der Waals surface area contributed by atoms with Crippen molar-refractivity contribution in [3.8, 4) is 0 Å². The fourth-order valence-corrected chi connectivity index (χ4v) is 1.95. The molecule has 0 aromatic carbocycles. The summed E-state index contributed by atoms with van der Waals surface area (Å²) in [7, 11) is 0. The Morgan fingerprint density at radius 1 is 0.562 bits per heavy atom. The molecule has 0 fully saturated rings. The van der Waals surface area contributed by atoms with Gasteiger partial charge in [0.1, 0.15) is 0 Å². The lowest BCUT2D eigenvalue weighted by Crippen LogP contribution is -1.84. The van der Waals surface area contributed by atoms with E-state index in [-0.39, 0.29) is 8.41 Å². The molecule has 1 nitrogen and oxygen atoms in total. The third-order valence-corrected chi connectivity index (χ3v) is 3.01. The molecule has 16 heavy (non-hydrogen) atoms. The van der Waals surface area contributed by atoms with Gasteiger partial charge in [-0.25, -0.2) is 0 Å². The van der Waals surface area contributed by atoms with Gasteiger partial charge < -0.3 is 5.11 Å². The van der Waals surface area contributed by atoms with Crippen molar-refractivity contribution in [3.05, 3.63) is 0 Å². The number of rotatable bonds is 12. The Morgan fingerprint density at radius 2 is 0.875 bits per heavy atom. The van der Waals surface area contributed by atoms with E-state index in [2.05, 4.69) is 6.92 Å². The SMILES string of the molecule is B.CCCCCCCCCCCCCCO. The monoisotopic (exact) mass is 228 g/mol. The number of aliphatic hydroxyl groups is 1. The lowest BCUT2D eigenvalue weighted by molar-refractivity contribution is 0.282. The molecular weight excluding hydrogens is 195 g/mol. The summed E-state index contributed by atoms with van der Waals surface area (Å²) in [6.45, 7) is 2.64. The van der Waals surface area contributed by atoms with Gasteiger partial charge in [-0.15, -0.1) is 0 Å². The minimum atomic E-state index is 0. The van der Waals surface area contributed by atoms with Crippen molar-refractivity contribution < 1.29 is 5.11 Å². The van der Waals surface area contributed by atoms with Crippen LogP contribution in [0.2, 0.25) is 0 Å². The molecule has 0 amide bonds. The van der Waals surface area contributed by atoms with Crippen molar-refractivity contribution in [2.75, 3.05) is 6.61 Å². The van der Waals surface area contributed by atoms with Crippen LogP contribution in [-0.4, -0.2) is 20.1 Å². The second-order valence-electron chi connectivity index (χ2n) is 4.61. The van der Waals surface area contributed by atoms with E-state index in [4.69, 9.17) is 5.11 Å². The van der Waals surface area contributed by atoms with Crippen LogP contribution >= 0.6 is 0 Å². The maximum atomic E-state index is 8.61. The molecular formula is C14H33BO. The van der Waals surface area contributed by atoms with Crippen molar-refractivity contribution in [2.45, 2.75) is 84.0 Å². The molecule has 0 spiro atoms. The quantitative estimate of drug-likeness (QED) is 0.400. The average Bonchev–Trinajstić information content (AvgIpc) is 2.26. The fraction of sp³-hybridized carbons (Fsp3) is 1.00. The van der Waals surface area contributed by atoms with Gasteiger partial charge in [-0.3, -0.25) is 0 Å². The predicted octanol–water partition coefficient (Wildman–Crippen LogP) is 3.50. The Labute approximate surface area is 105 Å². The Hall–Kier alpha value is 0.0249. The smallest absolute Gasteiger partial charge is 0.0814 e. The van der Waals surface area contributed by atoms with Crippen LogP contribution in [0.1, 0.15) is 84.0 Å². The normalized spacial score (nSPS) is 10.1. The van der Waals surface area contributed by atoms with Gasteiger partial charge in [0.25, 0.3) is 0 Å². The zero-order chi connectivity index (χ0) is 11.2. The molecule has 0 heterocycles. The zero-order valence-corrected chi connectivity index (χ0v) is 10.6. The summed E-state index contributed by atoms with van der Waals surface area (Å²) < 4.78 is 0. The second-order valence-corrected chi connectivity index (χ2v) is 4.61. The molecule has 0 aromatic rings. The van der Waals surface area contributed by atoms with Gasteiger partial charge in [-0.05, 0) is 6.42 Å². The van der Waals surface area contributed by atoms with Gasteiger partial charge in [0.05, 0.1) is 8.41 Å². The molecule has 0 aliphatic heterocycles. The fourth-order valence-electron chi connectivity index (χ4n) is 1.95. The molecule has 0 unspecified atom stereocenters. The molecule has 0 bridgehead atoms. The molecule has 0 saturated heterocycles. The number of hydrogen-bond acceptors (Lipinski definition) is 1. The lowest BCUT2D eigenvalue weighted by atomic mass is 10.1. The summed E-state index contributed by atoms with van der Waals surface area (Å²) in [6, 6.07) is 0. The first-order valence-corrected chi connectivity index (χ1v) is 7.02. The summed E-state index contributed by atoms with van der Waals surface area (Å²) in [5.74, 6) is 0. The Morgan fingerprint density at radius 3 is 1.19 bits per heavy atom. The van der Waals surface area contributed by atoms with Crippen LogP contribution < -0.4 is 0 Å². The highest BCUT2D eigenvalue weighted by Gasteiger charge is 1.92. The first-order valence-electron chi connectivity index (χ1n) is 7.02. The predicted molar refractivity (Wildman–Crippen MR) is 78.1 cm³/mol. The summed E-state index contributed by atoms with van der Waals surface area (Å²) in [4.78, 5) is 0. The zero-order valence-electron chi connectivity index (χ0n) is 10.6. The molecule has 0 aliphatic carbocycles. The van der Waals surface area contributed by atoms with E-state index in [1.54, 1.807) is 0 Å². The lowest BCUT2D eigenvalue weighted by Gasteiger charge is -2.01. The standard InChI is InChI=1S/C14H30O.BH3/c1-2-3-4-5-6-7-8-9-10-11-12-13-14-15;/h15H,2-14H2,1H3;1H3. The highest BCUT2D eigenvalue weighted by Crippen LogP contribution is 2.11.